The summed E-state index contributed by atoms with van der Waals surface area (Å²) < 4.78 is 37.7. The zero-order valence-corrected chi connectivity index (χ0v) is 17.4. The molecule has 9 nitrogen and oxygen atoms in total. The van der Waals surface area contributed by atoms with Crippen LogP contribution >= 0.6 is 0 Å². The molecule has 0 aliphatic heterocycles. The molecular weight excluding hydrogens is 420 g/mol. The first-order chi connectivity index (χ1) is 14.8. The Hall–Kier alpha value is -3.92. The Morgan fingerprint density at radius 3 is 2.29 bits per heavy atom. The highest BCUT2D eigenvalue weighted by atomic mass is 32.2. The molecule has 0 saturated carbocycles. The summed E-state index contributed by atoms with van der Waals surface area (Å²) in [5.41, 5.74) is 2.51. The van der Waals surface area contributed by atoms with Crippen LogP contribution < -0.4 is 10.0 Å². The highest BCUT2D eigenvalue weighted by molar-refractivity contribution is 7.92. The lowest BCUT2D eigenvalue weighted by atomic mass is 10.1. The lowest BCUT2D eigenvalue weighted by Gasteiger charge is -2.07. The van der Waals surface area contributed by atoms with Gasteiger partial charge in [0, 0.05) is 22.9 Å². The molecule has 2 heterocycles. The number of rotatable bonds is 6. The van der Waals surface area contributed by atoms with E-state index >= 15 is 0 Å². The van der Waals surface area contributed by atoms with E-state index in [1.165, 1.54) is 30.3 Å². The Morgan fingerprint density at radius 1 is 0.935 bits per heavy atom. The van der Waals surface area contributed by atoms with Gasteiger partial charge in [-0.3, -0.25) is 4.79 Å². The van der Waals surface area contributed by atoms with Crippen molar-refractivity contribution in [2.45, 2.75) is 18.7 Å². The van der Waals surface area contributed by atoms with Crippen LogP contribution in [0.2, 0.25) is 0 Å². The zero-order valence-electron chi connectivity index (χ0n) is 16.6. The fourth-order valence-corrected chi connectivity index (χ4v) is 3.77. The minimum atomic E-state index is -3.87. The van der Waals surface area contributed by atoms with Gasteiger partial charge in [-0.1, -0.05) is 40.6 Å². The van der Waals surface area contributed by atoms with Gasteiger partial charge >= 0.3 is 0 Å². The van der Waals surface area contributed by atoms with Crippen molar-refractivity contribution in [3.05, 3.63) is 77.6 Å². The summed E-state index contributed by atoms with van der Waals surface area (Å²) in [6.45, 7) is 3.42. The third kappa shape index (κ3) is 4.33. The molecule has 0 unspecified atom stereocenters. The molecule has 0 bridgehead atoms. The molecule has 1 amide bonds. The second-order valence-electron chi connectivity index (χ2n) is 6.75. The quantitative estimate of drug-likeness (QED) is 0.466. The fraction of sp³-hybridized carbons (Fsp3) is 0.0952. The second kappa shape index (κ2) is 8.07. The van der Waals surface area contributed by atoms with E-state index in [1.54, 1.807) is 13.8 Å². The van der Waals surface area contributed by atoms with Gasteiger partial charge in [0.15, 0.2) is 11.5 Å². The maximum absolute atomic E-state index is 12.5. The number of sulfonamides is 1. The number of aryl methyl sites for hydroxylation is 1. The van der Waals surface area contributed by atoms with Crippen molar-refractivity contribution in [3.63, 3.8) is 0 Å². The number of amides is 1. The third-order valence-electron chi connectivity index (χ3n) is 4.61. The SMILES string of the molecule is Cc1noc(NS(=O)(=O)c2ccc(NC(=O)c3cc(-c4ccccc4)on3)cc2)c1C. The second-order valence-corrected chi connectivity index (χ2v) is 8.43. The van der Waals surface area contributed by atoms with Crippen LogP contribution in [0.1, 0.15) is 21.7 Å². The Balaban J connectivity index is 1.45. The number of anilines is 2. The Labute approximate surface area is 178 Å². The number of hydrogen-bond acceptors (Lipinski definition) is 7. The molecule has 0 fully saturated rings. The van der Waals surface area contributed by atoms with Gasteiger partial charge < -0.3 is 14.4 Å². The van der Waals surface area contributed by atoms with Gasteiger partial charge in [0.1, 0.15) is 0 Å². The molecule has 4 aromatic rings. The number of carbonyl (C=O) groups excluding carboxylic acids is 1. The van der Waals surface area contributed by atoms with Crippen LogP contribution in [0.15, 0.2) is 74.6 Å². The first kappa shape index (κ1) is 20.4. The largest absolute Gasteiger partial charge is 0.355 e. The molecule has 0 aliphatic rings. The van der Waals surface area contributed by atoms with Crippen LogP contribution in [0, 0.1) is 13.8 Å². The first-order valence-electron chi connectivity index (χ1n) is 9.23. The smallest absolute Gasteiger partial charge is 0.277 e. The Morgan fingerprint density at radius 2 is 1.65 bits per heavy atom. The molecule has 158 valence electrons. The predicted octanol–water partition coefficient (Wildman–Crippen LogP) is 4.00. The van der Waals surface area contributed by atoms with Gasteiger partial charge in [0.2, 0.25) is 5.88 Å². The summed E-state index contributed by atoms with van der Waals surface area (Å²) in [4.78, 5) is 12.4. The van der Waals surface area contributed by atoms with E-state index in [4.69, 9.17) is 9.05 Å². The minimum absolute atomic E-state index is 0.00625. The fourth-order valence-electron chi connectivity index (χ4n) is 2.72. The highest BCUT2D eigenvalue weighted by Crippen LogP contribution is 2.23. The van der Waals surface area contributed by atoms with E-state index in [1.807, 2.05) is 30.3 Å². The van der Waals surface area contributed by atoms with Crippen molar-refractivity contribution in [2.75, 3.05) is 10.0 Å². The van der Waals surface area contributed by atoms with Crippen molar-refractivity contribution >= 4 is 27.5 Å². The predicted molar refractivity (Wildman–Crippen MR) is 113 cm³/mol. The molecule has 0 saturated heterocycles. The van der Waals surface area contributed by atoms with E-state index in [-0.39, 0.29) is 16.5 Å². The van der Waals surface area contributed by atoms with E-state index < -0.39 is 15.9 Å². The lowest BCUT2D eigenvalue weighted by Crippen LogP contribution is -2.14. The van der Waals surface area contributed by atoms with Crippen LogP contribution in [-0.4, -0.2) is 24.6 Å². The topological polar surface area (TPSA) is 127 Å². The van der Waals surface area contributed by atoms with Crippen molar-refractivity contribution in [3.8, 4) is 11.3 Å². The maximum Gasteiger partial charge on any atom is 0.277 e. The molecule has 2 aromatic carbocycles. The van der Waals surface area contributed by atoms with E-state index in [0.717, 1.165) is 5.56 Å². The van der Waals surface area contributed by atoms with Gasteiger partial charge in [-0.05, 0) is 38.1 Å². The van der Waals surface area contributed by atoms with Gasteiger partial charge in [-0.25, -0.2) is 13.1 Å². The van der Waals surface area contributed by atoms with Gasteiger partial charge in [0.05, 0.1) is 10.6 Å². The molecule has 0 radical (unpaired) electrons. The molecule has 2 N–H and O–H groups in total. The summed E-state index contributed by atoms with van der Waals surface area (Å²) in [6.07, 6.45) is 0. The van der Waals surface area contributed by atoms with Crippen molar-refractivity contribution < 1.29 is 22.3 Å². The maximum atomic E-state index is 12.5. The van der Waals surface area contributed by atoms with Crippen molar-refractivity contribution in [2.24, 2.45) is 0 Å². The minimum Gasteiger partial charge on any atom is -0.355 e. The molecule has 0 spiro atoms. The van der Waals surface area contributed by atoms with Crippen LogP contribution in [0.25, 0.3) is 11.3 Å². The molecular formula is C21H18N4O5S. The standard InChI is InChI=1S/C21H18N4O5S/c1-13-14(2)23-30-21(13)25-31(27,28)17-10-8-16(9-11-17)22-20(26)18-12-19(29-24-18)15-6-4-3-5-7-15/h3-12,25H,1-2H3,(H,22,26). The molecule has 31 heavy (non-hydrogen) atoms. The number of carbonyl (C=O) groups is 1. The van der Waals surface area contributed by atoms with E-state index in [2.05, 4.69) is 20.4 Å². The van der Waals surface area contributed by atoms with Gasteiger partial charge in [0.25, 0.3) is 15.9 Å². The lowest BCUT2D eigenvalue weighted by molar-refractivity contribution is 0.101. The average Bonchev–Trinajstić information content (AvgIpc) is 3.38. The molecule has 10 heteroatoms. The number of benzene rings is 2. The van der Waals surface area contributed by atoms with Crippen molar-refractivity contribution in [1.82, 2.24) is 10.3 Å². The average molecular weight is 438 g/mol. The summed E-state index contributed by atoms with van der Waals surface area (Å²) in [5.74, 6) is 0.0544. The van der Waals surface area contributed by atoms with Crippen LogP contribution in [0.5, 0.6) is 0 Å². The first-order valence-corrected chi connectivity index (χ1v) is 10.7. The van der Waals surface area contributed by atoms with Crippen LogP contribution in [0.3, 0.4) is 0 Å². The summed E-state index contributed by atoms with van der Waals surface area (Å²) >= 11 is 0. The van der Waals surface area contributed by atoms with Crippen LogP contribution in [0.4, 0.5) is 11.6 Å². The molecule has 0 atom stereocenters. The molecule has 2 aromatic heterocycles. The number of nitrogens with zero attached hydrogens (tertiary/aromatic N) is 2. The van der Waals surface area contributed by atoms with Gasteiger partial charge in [-0.2, -0.15) is 0 Å². The van der Waals surface area contributed by atoms with E-state index in [0.29, 0.717) is 22.7 Å². The summed E-state index contributed by atoms with van der Waals surface area (Å²) in [5, 5.41) is 10.2. The highest BCUT2D eigenvalue weighted by Gasteiger charge is 2.20. The molecule has 4 rings (SSSR count). The Kier molecular flexibility index (Phi) is 5.30. The monoisotopic (exact) mass is 438 g/mol. The van der Waals surface area contributed by atoms with Gasteiger partial charge in [-0.15, -0.1) is 0 Å². The molecule has 0 aliphatic carbocycles. The van der Waals surface area contributed by atoms with Crippen LogP contribution in [-0.2, 0) is 10.0 Å². The summed E-state index contributed by atoms with van der Waals surface area (Å²) in [7, 11) is -3.87. The zero-order chi connectivity index (χ0) is 22.0. The van der Waals surface area contributed by atoms with Crippen molar-refractivity contribution in [1.29, 1.82) is 0 Å². The number of aromatic nitrogens is 2. The van der Waals surface area contributed by atoms with E-state index in [9.17, 15) is 13.2 Å². The normalized spacial score (nSPS) is 11.3. The number of hydrogen-bond donors (Lipinski definition) is 2. The third-order valence-corrected chi connectivity index (χ3v) is 5.95. The number of nitrogens with one attached hydrogen (secondary N) is 2. The summed E-state index contributed by atoms with van der Waals surface area (Å²) in [6, 6.07) is 16.5. The Bertz CT molecular complexity index is 1330.